The lowest BCUT2D eigenvalue weighted by molar-refractivity contribution is -0.143. The molecule has 0 spiro atoms. The van der Waals surface area contributed by atoms with Gasteiger partial charge in [-0.2, -0.15) is 0 Å². The van der Waals surface area contributed by atoms with Gasteiger partial charge in [-0.05, 0) is 160 Å². The third-order valence-electron chi connectivity index (χ3n) is 12.4. The number of aliphatic carboxylic acids is 1. The molecular weight excluding hydrogens is 978 g/mol. The van der Waals surface area contributed by atoms with Crippen LogP contribution < -0.4 is 20.1 Å². The van der Waals surface area contributed by atoms with Crippen molar-refractivity contribution in [3.63, 3.8) is 0 Å². The number of nitrogens with one attached hydrogen (secondary N) is 2. The lowest BCUT2D eigenvalue weighted by atomic mass is 9.72. The molecule has 0 heterocycles. The number of carbonyl (C=O) groups is 2. The fourth-order valence-corrected chi connectivity index (χ4v) is 10.3. The lowest BCUT2D eigenvalue weighted by Crippen LogP contribution is -2.31. The first-order valence-electron chi connectivity index (χ1n) is 22.1. The van der Waals surface area contributed by atoms with E-state index in [1.165, 1.54) is 59.9 Å². The molecule has 0 radical (unpaired) electrons. The van der Waals surface area contributed by atoms with Gasteiger partial charge in [-0.25, -0.2) is 0 Å². The van der Waals surface area contributed by atoms with Gasteiger partial charge in [-0.3, -0.25) is 9.59 Å². The number of fused-ring (bicyclic) bond motifs is 2. The molecule has 10 heteroatoms. The average molecular weight is 1050 g/mol. The van der Waals surface area contributed by atoms with E-state index in [1.807, 2.05) is 6.92 Å². The highest BCUT2D eigenvalue weighted by atomic mass is 127. The van der Waals surface area contributed by atoms with E-state index in [2.05, 4.69) is 158 Å². The topological polar surface area (TPSA) is 106 Å². The van der Waals surface area contributed by atoms with E-state index < -0.39 is 5.97 Å². The zero-order valence-electron chi connectivity index (χ0n) is 36.9. The second-order valence-corrected chi connectivity index (χ2v) is 21.1. The van der Waals surface area contributed by atoms with Crippen LogP contribution in [0.25, 0.3) is 21.5 Å². The second kappa shape index (κ2) is 22.6. The van der Waals surface area contributed by atoms with Gasteiger partial charge in [0, 0.05) is 44.4 Å². The molecule has 4 aromatic rings. The van der Waals surface area contributed by atoms with Crippen molar-refractivity contribution in [2.45, 2.75) is 138 Å². The van der Waals surface area contributed by atoms with Crippen molar-refractivity contribution < 1.29 is 28.9 Å². The number of benzene rings is 4. The van der Waals surface area contributed by atoms with Crippen molar-refractivity contribution in [2.75, 3.05) is 19.7 Å². The fourth-order valence-electron chi connectivity index (χ4n) is 8.81. The van der Waals surface area contributed by atoms with E-state index in [1.54, 1.807) is 0 Å². The number of ether oxygens (including phenoxy) is 3. The van der Waals surface area contributed by atoms with Crippen molar-refractivity contribution in [3.05, 3.63) is 78.9 Å². The Kier molecular flexibility index (Phi) is 18.2. The Morgan fingerprint density at radius 3 is 1.38 bits per heavy atom. The summed E-state index contributed by atoms with van der Waals surface area (Å²) in [5, 5.41) is 20.5. The summed E-state index contributed by atoms with van der Waals surface area (Å²) in [5.74, 6) is 2.51. The first-order valence-corrected chi connectivity index (χ1v) is 24.2. The van der Waals surface area contributed by atoms with Gasteiger partial charge in [0.2, 0.25) is 0 Å². The van der Waals surface area contributed by atoms with E-state index in [-0.39, 0.29) is 24.6 Å². The second-order valence-electron chi connectivity index (χ2n) is 18.7. The van der Waals surface area contributed by atoms with Gasteiger partial charge in [0.15, 0.2) is 0 Å². The minimum Gasteiger partial charge on any atom is -0.490 e. The van der Waals surface area contributed by atoms with Crippen molar-refractivity contribution >= 4 is 78.7 Å². The largest absolute Gasteiger partial charge is 0.490 e. The van der Waals surface area contributed by atoms with Crippen molar-refractivity contribution in [1.82, 2.24) is 10.6 Å². The molecule has 2 aliphatic carbocycles. The zero-order chi connectivity index (χ0) is 43.5. The standard InChI is InChI=1S/C26H36INO3.C24H32INO3/c1-5-30-25(29)14-15-28-17-22-20-8-6-7-9-21(20)23(27)16-24(22)31-19-12-10-18(11-13-19)26(2,3)4;1-24(2,3)16-8-10-17(11-9-16)29-22-14-21(25)19-7-5-4-6-18(19)20(22)15-26-13-12-23(27)28/h6-9,16,18-19,28H,5,10-15,17H2,1-4H3;4-7,14,16-17,26H,8-13,15H2,1-3H3,(H,27,28). The van der Waals surface area contributed by atoms with Crippen LogP contribution in [0.5, 0.6) is 11.5 Å². The molecule has 4 aromatic carbocycles. The molecule has 8 nitrogen and oxygen atoms in total. The Balaban J connectivity index is 0.000000228. The quantitative estimate of drug-likeness (QED) is 0.0614. The monoisotopic (exact) mass is 1050 g/mol. The normalized spacial score (nSPS) is 19.7. The highest BCUT2D eigenvalue weighted by Crippen LogP contribution is 2.42. The molecule has 0 unspecified atom stereocenters. The van der Waals surface area contributed by atoms with E-state index in [9.17, 15) is 9.59 Å². The van der Waals surface area contributed by atoms with Gasteiger partial charge < -0.3 is 30.0 Å². The minimum absolute atomic E-state index is 0.120. The number of hydrogen-bond donors (Lipinski definition) is 3. The van der Waals surface area contributed by atoms with Crippen LogP contribution in [0.3, 0.4) is 0 Å². The van der Waals surface area contributed by atoms with Crippen LogP contribution in [-0.4, -0.2) is 48.9 Å². The maximum absolute atomic E-state index is 11.7. The molecule has 2 fully saturated rings. The summed E-state index contributed by atoms with van der Waals surface area (Å²) in [6.45, 7) is 18.7. The number of hydrogen-bond acceptors (Lipinski definition) is 7. The van der Waals surface area contributed by atoms with Gasteiger partial charge in [0.05, 0.1) is 31.7 Å². The number of carbonyl (C=O) groups excluding carboxylic acids is 1. The van der Waals surface area contributed by atoms with E-state index in [0.717, 1.165) is 54.6 Å². The number of carboxylic acid groups (broad SMARTS) is 1. The maximum Gasteiger partial charge on any atom is 0.307 e. The van der Waals surface area contributed by atoms with Crippen LogP contribution in [0.4, 0.5) is 0 Å². The van der Waals surface area contributed by atoms with E-state index >= 15 is 0 Å². The molecule has 0 atom stereocenters. The van der Waals surface area contributed by atoms with Crippen LogP contribution >= 0.6 is 45.2 Å². The molecule has 328 valence electrons. The molecule has 0 aliphatic heterocycles. The van der Waals surface area contributed by atoms with E-state index in [0.29, 0.717) is 50.0 Å². The molecule has 0 bridgehead atoms. The highest BCUT2D eigenvalue weighted by Gasteiger charge is 2.32. The Hall–Kier alpha value is -2.68. The Morgan fingerprint density at radius 1 is 0.633 bits per heavy atom. The first-order chi connectivity index (χ1) is 28.5. The number of rotatable bonds is 15. The van der Waals surface area contributed by atoms with Gasteiger partial charge in [0.1, 0.15) is 11.5 Å². The van der Waals surface area contributed by atoms with Crippen molar-refractivity contribution in [3.8, 4) is 11.5 Å². The summed E-state index contributed by atoms with van der Waals surface area (Å²) in [4.78, 5) is 22.5. The summed E-state index contributed by atoms with van der Waals surface area (Å²) in [6.07, 6.45) is 10.3. The summed E-state index contributed by atoms with van der Waals surface area (Å²) >= 11 is 4.79. The maximum atomic E-state index is 11.7. The summed E-state index contributed by atoms with van der Waals surface area (Å²) in [6, 6.07) is 21.2. The summed E-state index contributed by atoms with van der Waals surface area (Å²) < 4.78 is 20.6. The molecule has 0 amide bonds. The third kappa shape index (κ3) is 13.9. The number of esters is 1. The van der Waals surface area contributed by atoms with Crippen LogP contribution in [0.1, 0.15) is 124 Å². The van der Waals surface area contributed by atoms with E-state index in [4.69, 9.17) is 19.3 Å². The SMILES string of the molecule is CC(C)(C)C1CCC(Oc2cc(I)c3ccccc3c2CNCCC(=O)O)CC1.CCOC(=O)CCNCc1c(OC2CCC(C(C)(C)C)CC2)cc(I)c2ccccc12. The molecule has 3 N–H and O–H groups in total. The van der Waals surface area contributed by atoms with Crippen molar-refractivity contribution in [2.24, 2.45) is 22.7 Å². The molecule has 6 rings (SSSR count). The minimum atomic E-state index is -0.781. The Labute approximate surface area is 386 Å². The van der Waals surface area contributed by atoms with Crippen molar-refractivity contribution in [1.29, 1.82) is 0 Å². The van der Waals surface area contributed by atoms with Crippen LogP contribution in [0.15, 0.2) is 60.7 Å². The highest BCUT2D eigenvalue weighted by molar-refractivity contribution is 14.1. The van der Waals surface area contributed by atoms with Gasteiger partial charge in [-0.15, -0.1) is 0 Å². The van der Waals surface area contributed by atoms with Gasteiger partial charge >= 0.3 is 11.9 Å². The Bertz CT molecular complexity index is 2020. The molecule has 2 saturated carbocycles. The third-order valence-corrected chi connectivity index (χ3v) is 14.2. The number of halogens is 2. The summed E-state index contributed by atoms with van der Waals surface area (Å²) in [7, 11) is 0. The predicted octanol–water partition coefficient (Wildman–Crippen LogP) is 12.5. The fraction of sp³-hybridized carbons (Fsp3) is 0.560. The molecule has 0 saturated heterocycles. The zero-order valence-corrected chi connectivity index (χ0v) is 41.2. The molecule has 2 aliphatic rings. The molecular formula is C50H68I2N2O6. The lowest BCUT2D eigenvalue weighted by Gasteiger charge is -2.37. The Morgan fingerprint density at radius 2 is 1.02 bits per heavy atom. The molecule has 0 aromatic heterocycles. The summed E-state index contributed by atoms with van der Waals surface area (Å²) in [5.41, 5.74) is 3.04. The smallest absolute Gasteiger partial charge is 0.307 e. The predicted molar refractivity (Wildman–Crippen MR) is 262 cm³/mol. The van der Waals surface area contributed by atoms with Gasteiger partial charge in [0.25, 0.3) is 0 Å². The molecule has 60 heavy (non-hydrogen) atoms. The van der Waals surface area contributed by atoms with Crippen LogP contribution in [0.2, 0.25) is 0 Å². The van der Waals surface area contributed by atoms with Crippen LogP contribution in [-0.2, 0) is 27.4 Å². The van der Waals surface area contributed by atoms with Crippen LogP contribution in [0, 0.1) is 29.8 Å². The van der Waals surface area contributed by atoms with Gasteiger partial charge in [-0.1, -0.05) is 90.1 Å². The average Bonchev–Trinajstić information content (AvgIpc) is 3.20. The first kappa shape index (κ1) is 48.4. The number of carboxylic acids is 1.